The van der Waals surface area contributed by atoms with E-state index in [1.165, 1.54) is 5.06 Å². The SMILES string of the molecule is O=C(C[C@H](c1ccccc1)N(O)[C@@H](CC(=O)c1ccccc1)c1ccccc1)c1ccccc1. The Morgan fingerprint density at radius 2 is 0.824 bits per heavy atom. The highest BCUT2D eigenvalue weighted by Crippen LogP contribution is 2.35. The zero-order valence-corrected chi connectivity index (χ0v) is 18.8. The molecule has 0 aliphatic carbocycles. The molecule has 0 bridgehead atoms. The van der Waals surface area contributed by atoms with Gasteiger partial charge in [0.1, 0.15) is 0 Å². The summed E-state index contributed by atoms with van der Waals surface area (Å²) in [6.07, 6.45) is 0.154. The van der Waals surface area contributed by atoms with Gasteiger partial charge in [0, 0.05) is 24.0 Å². The highest BCUT2D eigenvalue weighted by Gasteiger charge is 2.31. The maximum absolute atomic E-state index is 13.1. The second kappa shape index (κ2) is 11.3. The fourth-order valence-corrected chi connectivity index (χ4v) is 4.13. The van der Waals surface area contributed by atoms with Crippen LogP contribution in [0.3, 0.4) is 0 Å². The van der Waals surface area contributed by atoms with Crippen molar-refractivity contribution in [2.45, 2.75) is 24.9 Å². The van der Waals surface area contributed by atoms with Gasteiger partial charge in [-0.3, -0.25) is 9.59 Å². The van der Waals surface area contributed by atoms with Crippen LogP contribution in [0.5, 0.6) is 0 Å². The van der Waals surface area contributed by atoms with E-state index in [9.17, 15) is 14.8 Å². The lowest BCUT2D eigenvalue weighted by atomic mass is 9.92. The molecule has 0 radical (unpaired) electrons. The third-order valence-electron chi connectivity index (χ3n) is 5.96. The van der Waals surface area contributed by atoms with Crippen molar-refractivity contribution < 1.29 is 14.8 Å². The first-order valence-corrected chi connectivity index (χ1v) is 11.4. The van der Waals surface area contributed by atoms with Crippen LogP contribution < -0.4 is 0 Å². The molecule has 0 fully saturated rings. The summed E-state index contributed by atoms with van der Waals surface area (Å²) in [6.45, 7) is 0. The first-order chi connectivity index (χ1) is 16.6. The average molecular weight is 450 g/mol. The lowest BCUT2D eigenvalue weighted by molar-refractivity contribution is -0.163. The van der Waals surface area contributed by atoms with E-state index in [0.717, 1.165) is 11.1 Å². The molecule has 4 heteroatoms. The number of benzene rings is 4. The fourth-order valence-electron chi connectivity index (χ4n) is 4.13. The van der Waals surface area contributed by atoms with Crippen molar-refractivity contribution >= 4 is 11.6 Å². The minimum Gasteiger partial charge on any atom is -0.313 e. The van der Waals surface area contributed by atoms with Crippen LogP contribution in [0, 0.1) is 0 Å². The predicted molar refractivity (Wildman–Crippen MR) is 133 cm³/mol. The molecule has 0 spiro atoms. The van der Waals surface area contributed by atoms with Crippen LogP contribution in [0.25, 0.3) is 0 Å². The molecule has 0 heterocycles. The molecule has 0 saturated carbocycles. The minimum absolute atomic E-state index is 0.0744. The lowest BCUT2D eigenvalue weighted by Gasteiger charge is -2.33. The minimum atomic E-state index is -0.623. The molecular formula is C30H27NO3. The molecule has 0 aliphatic rings. The van der Waals surface area contributed by atoms with Gasteiger partial charge < -0.3 is 5.21 Å². The van der Waals surface area contributed by atoms with Gasteiger partial charge >= 0.3 is 0 Å². The second-order valence-corrected chi connectivity index (χ2v) is 8.22. The van der Waals surface area contributed by atoms with Crippen molar-refractivity contribution in [3.05, 3.63) is 144 Å². The standard InChI is InChI=1S/C30H27NO3/c32-29(25-17-9-3-10-18-25)21-27(23-13-5-1-6-14-23)31(34)28(24-15-7-2-8-16-24)22-30(33)26-19-11-4-12-20-26/h1-20,27-28,34H,21-22H2/t27-,28+. The number of Topliss-reactive ketones (excluding diaryl/α,β-unsaturated/α-hetero) is 2. The lowest BCUT2D eigenvalue weighted by Crippen LogP contribution is -2.33. The molecule has 1 N–H and O–H groups in total. The summed E-state index contributed by atoms with van der Waals surface area (Å²) in [5.41, 5.74) is 2.80. The first-order valence-electron chi connectivity index (χ1n) is 11.4. The number of hydrogen-bond donors (Lipinski definition) is 1. The predicted octanol–water partition coefficient (Wildman–Crippen LogP) is 6.71. The number of hydrogen-bond acceptors (Lipinski definition) is 4. The maximum Gasteiger partial charge on any atom is 0.164 e. The molecule has 4 rings (SSSR count). The molecule has 0 unspecified atom stereocenters. The number of nitrogens with zero attached hydrogens (tertiary/aromatic N) is 1. The molecular weight excluding hydrogens is 422 g/mol. The molecule has 4 aromatic rings. The van der Waals surface area contributed by atoms with E-state index in [-0.39, 0.29) is 24.4 Å². The van der Waals surface area contributed by atoms with Gasteiger partial charge in [0.15, 0.2) is 11.6 Å². The Kier molecular flexibility index (Phi) is 7.76. The highest BCUT2D eigenvalue weighted by atomic mass is 16.5. The van der Waals surface area contributed by atoms with Crippen LogP contribution in [0.1, 0.15) is 56.8 Å². The first kappa shape index (κ1) is 23.3. The van der Waals surface area contributed by atoms with Crippen molar-refractivity contribution in [3.63, 3.8) is 0 Å². The van der Waals surface area contributed by atoms with Crippen molar-refractivity contribution in [2.75, 3.05) is 0 Å². The molecule has 0 amide bonds. The molecule has 0 saturated heterocycles. The quantitative estimate of drug-likeness (QED) is 0.216. The van der Waals surface area contributed by atoms with Crippen LogP contribution in [-0.4, -0.2) is 21.8 Å². The normalized spacial score (nSPS) is 12.8. The van der Waals surface area contributed by atoms with E-state index in [1.807, 2.05) is 97.1 Å². The number of carbonyl (C=O) groups excluding carboxylic acids is 2. The van der Waals surface area contributed by atoms with E-state index >= 15 is 0 Å². The van der Waals surface area contributed by atoms with Crippen molar-refractivity contribution in [3.8, 4) is 0 Å². The summed E-state index contributed by atoms with van der Waals surface area (Å²) < 4.78 is 0. The maximum atomic E-state index is 13.1. The Morgan fingerprint density at radius 3 is 1.15 bits per heavy atom. The van der Waals surface area contributed by atoms with Gasteiger partial charge in [0.05, 0.1) is 12.1 Å². The van der Waals surface area contributed by atoms with Crippen LogP contribution in [0.15, 0.2) is 121 Å². The van der Waals surface area contributed by atoms with E-state index in [2.05, 4.69) is 0 Å². The van der Waals surface area contributed by atoms with Gasteiger partial charge in [-0.1, -0.05) is 121 Å². The summed E-state index contributed by atoms with van der Waals surface area (Å²) in [4.78, 5) is 26.3. The van der Waals surface area contributed by atoms with Crippen LogP contribution in [-0.2, 0) is 0 Å². The van der Waals surface area contributed by atoms with Gasteiger partial charge in [-0.2, -0.15) is 5.06 Å². The average Bonchev–Trinajstić information content (AvgIpc) is 2.91. The smallest absolute Gasteiger partial charge is 0.164 e. The Hall–Kier alpha value is -3.86. The van der Waals surface area contributed by atoms with E-state index in [1.54, 1.807) is 24.3 Å². The van der Waals surface area contributed by atoms with Crippen molar-refractivity contribution in [1.82, 2.24) is 5.06 Å². The van der Waals surface area contributed by atoms with E-state index < -0.39 is 12.1 Å². The van der Waals surface area contributed by atoms with Crippen LogP contribution in [0.4, 0.5) is 0 Å². The Bertz CT molecular complexity index is 1100. The fraction of sp³-hybridized carbons (Fsp3) is 0.133. The van der Waals surface area contributed by atoms with Gasteiger partial charge in [0.25, 0.3) is 0 Å². The van der Waals surface area contributed by atoms with Gasteiger partial charge in [-0.05, 0) is 11.1 Å². The Labute approximate surface area is 200 Å². The Balaban J connectivity index is 1.68. The molecule has 4 aromatic carbocycles. The zero-order valence-electron chi connectivity index (χ0n) is 18.8. The zero-order chi connectivity index (χ0) is 23.8. The molecule has 4 nitrogen and oxygen atoms in total. The summed E-state index contributed by atoms with van der Waals surface area (Å²) in [5.74, 6) is -0.149. The third kappa shape index (κ3) is 5.73. The van der Waals surface area contributed by atoms with Crippen molar-refractivity contribution in [1.29, 1.82) is 0 Å². The number of ketones is 2. The largest absolute Gasteiger partial charge is 0.313 e. The molecule has 2 atom stereocenters. The Morgan fingerprint density at radius 1 is 0.529 bits per heavy atom. The molecule has 170 valence electrons. The number of carbonyl (C=O) groups is 2. The van der Waals surface area contributed by atoms with Crippen LogP contribution >= 0.6 is 0 Å². The third-order valence-corrected chi connectivity index (χ3v) is 5.96. The summed E-state index contributed by atoms with van der Waals surface area (Å²) >= 11 is 0. The number of rotatable bonds is 10. The summed E-state index contributed by atoms with van der Waals surface area (Å²) in [7, 11) is 0. The van der Waals surface area contributed by atoms with Gasteiger partial charge in [-0.25, -0.2) is 0 Å². The van der Waals surface area contributed by atoms with Crippen molar-refractivity contribution in [2.24, 2.45) is 0 Å². The summed E-state index contributed by atoms with van der Waals surface area (Å²) in [6, 6.07) is 35.8. The number of hydroxylamine groups is 2. The van der Waals surface area contributed by atoms with E-state index in [0.29, 0.717) is 11.1 Å². The summed E-state index contributed by atoms with van der Waals surface area (Å²) in [5, 5.41) is 12.8. The van der Waals surface area contributed by atoms with E-state index in [4.69, 9.17) is 0 Å². The molecule has 34 heavy (non-hydrogen) atoms. The molecule has 0 aromatic heterocycles. The highest BCUT2D eigenvalue weighted by molar-refractivity contribution is 5.97. The van der Waals surface area contributed by atoms with Gasteiger partial charge in [-0.15, -0.1) is 0 Å². The van der Waals surface area contributed by atoms with Crippen LogP contribution in [0.2, 0.25) is 0 Å². The monoisotopic (exact) mass is 449 g/mol. The topological polar surface area (TPSA) is 57.6 Å². The molecule has 0 aliphatic heterocycles. The van der Waals surface area contributed by atoms with Gasteiger partial charge in [0.2, 0.25) is 0 Å². The second-order valence-electron chi connectivity index (χ2n) is 8.22.